The first kappa shape index (κ1) is 30.4. The lowest BCUT2D eigenvalue weighted by Gasteiger charge is -2.37. The maximum Gasteiger partial charge on any atom is 0.154 e. The van der Waals surface area contributed by atoms with Crippen LogP contribution in [0.4, 0.5) is 0 Å². The summed E-state index contributed by atoms with van der Waals surface area (Å²) in [6.45, 7) is 4.35. The summed E-state index contributed by atoms with van der Waals surface area (Å²) in [6, 6.07) is 0. The smallest absolute Gasteiger partial charge is 0.154 e. The predicted molar refractivity (Wildman–Crippen MR) is 148 cm³/mol. The zero-order valence-electron chi connectivity index (χ0n) is 23.1. The lowest BCUT2D eigenvalue weighted by Crippen LogP contribution is -2.48. The van der Waals surface area contributed by atoms with Gasteiger partial charge in [0, 0.05) is 26.1 Å². The first-order chi connectivity index (χ1) is 17.4. The minimum absolute atomic E-state index is 0.162. The van der Waals surface area contributed by atoms with E-state index in [9.17, 15) is 9.59 Å². The van der Waals surface area contributed by atoms with E-state index in [1.807, 2.05) is 0 Å². The van der Waals surface area contributed by atoms with Crippen molar-refractivity contribution in [2.75, 3.05) is 14.2 Å². The monoisotopic (exact) mass is 544 g/mol. The van der Waals surface area contributed by atoms with Crippen LogP contribution < -0.4 is 0 Å². The van der Waals surface area contributed by atoms with E-state index in [0.29, 0.717) is 59.3 Å². The normalized spacial score (nSPS) is 36.3. The molecule has 0 aromatic heterocycles. The van der Waals surface area contributed by atoms with Crippen LogP contribution in [0.2, 0.25) is 0 Å². The molecule has 0 spiro atoms. The van der Waals surface area contributed by atoms with E-state index < -0.39 is 0 Å². The van der Waals surface area contributed by atoms with Gasteiger partial charge in [-0.15, -0.1) is 23.2 Å². The van der Waals surface area contributed by atoms with Crippen LogP contribution in [0, 0.1) is 35.5 Å². The number of carbonyl (C=O) groups is 2. The lowest BCUT2D eigenvalue weighted by atomic mass is 9.70. The molecule has 6 heteroatoms. The molecule has 4 saturated carbocycles. The molecule has 0 aromatic rings. The second-order valence-electron chi connectivity index (χ2n) is 11.8. The molecule has 10 unspecified atom stereocenters. The molecule has 4 rings (SSSR count). The molecule has 0 aromatic carbocycles. The van der Waals surface area contributed by atoms with Gasteiger partial charge < -0.3 is 9.47 Å². The zero-order valence-corrected chi connectivity index (χ0v) is 24.6. The Hall–Kier alpha value is -0.160. The Bertz CT molecular complexity index is 634. The fraction of sp³-hybridized carbons (Fsp3) is 0.933. The zero-order chi connectivity index (χ0) is 26.2. The highest BCUT2D eigenvalue weighted by Crippen LogP contribution is 2.53. The van der Waals surface area contributed by atoms with Gasteiger partial charge in [0.2, 0.25) is 0 Å². The minimum Gasteiger partial charge on any atom is -0.381 e. The Labute approximate surface area is 229 Å². The van der Waals surface area contributed by atoms with Crippen LogP contribution in [0.25, 0.3) is 0 Å². The quantitative estimate of drug-likeness (QED) is 0.167. The van der Waals surface area contributed by atoms with Crippen molar-refractivity contribution in [3.05, 3.63) is 0 Å². The molecule has 0 bridgehead atoms. The van der Waals surface area contributed by atoms with Crippen molar-refractivity contribution in [1.29, 1.82) is 0 Å². The van der Waals surface area contributed by atoms with Gasteiger partial charge in [-0.2, -0.15) is 0 Å². The molecule has 0 radical (unpaired) electrons. The fourth-order valence-corrected chi connectivity index (χ4v) is 8.61. The average molecular weight is 546 g/mol. The van der Waals surface area contributed by atoms with E-state index in [0.717, 1.165) is 38.5 Å². The van der Waals surface area contributed by atoms with Crippen molar-refractivity contribution in [2.24, 2.45) is 35.5 Å². The van der Waals surface area contributed by atoms with Gasteiger partial charge in [-0.25, -0.2) is 0 Å². The van der Waals surface area contributed by atoms with Crippen molar-refractivity contribution >= 4 is 34.8 Å². The van der Waals surface area contributed by atoms with Crippen LogP contribution in [0.15, 0.2) is 0 Å². The van der Waals surface area contributed by atoms with Gasteiger partial charge in [0.25, 0.3) is 0 Å². The summed E-state index contributed by atoms with van der Waals surface area (Å²) in [5.41, 5.74) is 0. The van der Waals surface area contributed by atoms with E-state index in [-0.39, 0.29) is 10.8 Å². The Morgan fingerprint density at radius 1 is 0.694 bits per heavy atom. The summed E-state index contributed by atoms with van der Waals surface area (Å²) >= 11 is 12.3. The molecule has 208 valence electrons. The number of unbranched alkanes of at least 4 members (excludes halogenated alkanes) is 2. The SMILES string of the molecule is CCC(CCCCC1CCC2C(=O)C(Cl)C12)OC.CCC(CCCCC1CCC2C(=O)C(Cl)C12)OC. The molecule has 4 fully saturated rings. The highest BCUT2D eigenvalue weighted by molar-refractivity contribution is 6.34. The number of rotatable bonds is 14. The standard InChI is InChI=1S/2C15H25ClO2/c2*1-3-11(18-2)7-5-4-6-10-8-9-12-13(10)14(16)15(12)17/h2*10-14H,3-9H2,1-2H3. The maximum absolute atomic E-state index is 11.5. The molecule has 0 aliphatic heterocycles. The molecule has 0 saturated heterocycles. The molecule has 4 nitrogen and oxygen atoms in total. The van der Waals surface area contributed by atoms with Crippen molar-refractivity contribution in [3.63, 3.8) is 0 Å². The third-order valence-electron chi connectivity index (χ3n) is 9.94. The summed E-state index contributed by atoms with van der Waals surface area (Å²) < 4.78 is 10.8. The first-order valence-corrected chi connectivity index (χ1v) is 15.7. The van der Waals surface area contributed by atoms with Crippen molar-refractivity contribution in [2.45, 2.75) is 127 Å². The Morgan fingerprint density at radius 3 is 1.42 bits per heavy atom. The lowest BCUT2D eigenvalue weighted by molar-refractivity contribution is -0.133. The highest BCUT2D eigenvalue weighted by atomic mass is 35.5. The van der Waals surface area contributed by atoms with Crippen LogP contribution in [0.1, 0.15) is 104 Å². The van der Waals surface area contributed by atoms with Gasteiger partial charge in [-0.1, -0.05) is 52.4 Å². The van der Waals surface area contributed by atoms with E-state index in [1.54, 1.807) is 14.2 Å². The van der Waals surface area contributed by atoms with Crippen LogP contribution >= 0.6 is 23.2 Å². The average Bonchev–Trinajstić information content (AvgIpc) is 3.48. The van der Waals surface area contributed by atoms with Gasteiger partial charge in [-0.3, -0.25) is 9.59 Å². The van der Waals surface area contributed by atoms with E-state index in [1.165, 1.54) is 51.4 Å². The molecule has 10 atom stereocenters. The van der Waals surface area contributed by atoms with Crippen molar-refractivity contribution < 1.29 is 19.1 Å². The number of alkyl halides is 2. The van der Waals surface area contributed by atoms with E-state index in [2.05, 4.69) is 13.8 Å². The number of methoxy groups -OCH3 is 2. The number of Topliss-reactive ketones (excluding diaryl/α,β-unsaturated/α-hetero) is 2. The molecule has 0 amide bonds. The molecule has 36 heavy (non-hydrogen) atoms. The number of fused-ring (bicyclic) bond motifs is 2. The summed E-state index contributed by atoms with van der Waals surface area (Å²) in [7, 11) is 3.60. The van der Waals surface area contributed by atoms with Crippen molar-refractivity contribution in [1.82, 2.24) is 0 Å². The maximum atomic E-state index is 11.5. The predicted octanol–water partition coefficient (Wildman–Crippen LogP) is 7.61. The third kappa shape index (κ3) is 7.07. The van der Waals surface area contributed by atoms with Gasteiger partial charge >= 0.3 is 0 Å². The van der Waals surface area contributed by atoms with E-state index >= 15 is 0 Å². The van der Waals surface area contributed by atoms with Gasteiger partial charge in [0.05, 0.1) is 23.0 Å². The van der Waals surface area contributed by atoms with Crippen molar-refractivity contribution in [3.8, 4) is 0 Å². The molecule has 0 heterocycles. The Morgan fingerprint density at radius 2 is 1.08 bits per heavy atom. The second kappa shape index (κ2) is 14.8. The summed E-state index contributed by atoms with van der Waals surface area (Å²) in [5.74, 6) is 3.69. The Balaban J connectivity index is 0.000000201. The summed E-state index contributed by atoms with van der Waals surface area (Å²) in [6.07, 6.45) is 17.5. The fourth-order valence-electron chi connectivity index (χ4n) is 7.52. The topological polar surface area (TPSA) is 52.6 Å². The first-order valence-electron chi connectivity index (χ1n) is 14.8. The minimum atomic E-state index is -0.162. The molecular weight excluding hydrogens is 495 g/mol. The van der Waals surface area contributed by atoms with Gasteiger partial charge in [0.1, 0.15) is 0 Å². The molecule has 0 N–H and O–H groups in total. The number of hydrogen-bond donors (Lipinski definition) is 0. The van der Waals surface area contributed by atoms with Gasteiger partial charge in [-0.05, 0) is 75.0 Å². The van der Waals surface area contributed by atoms with Crippen LogP contribution in [0.3, 0.4) is 0 Å². The van der Waals surface area contributed by atoms with Crippen LogP contribution in [-0.2, 0) is 19.1 Å². The van der Waals surface area contributed by atoms with E-state index in [4.69, 9.17) is 32.7 Å². The number of ketones is 2. The molecule has 4 aliphatic carbocycles. The second-order valence-corrected chi connectivity index (χ2v) is 12.7. The third-order valence-corrected chi connectivity index (χ3v) is 11.0. The molecular formula is C30H50Cl2O4. The largest absolute Gasteiger partial charge is 0.381 e. The Kier molecular flexibility index (Phi) is 12.5. The number of halogens is 2. The summed E-state index contributed by atoms with van der Waals surface area (Å²) in [4.78, 5) is 23.1. The van der Waals surface area contributed by atoms with Crippen LogP contribution in [0.5, 0.6) is 0 Å². The number of ether oxygens (including phenoxy) is 2. The highest BCUT2D eigenvalue weighted by Gasteiger charge is 2.55. The van der Waals surface area contributed by atoms with Gasteiger partial charge in [0.15, 0.2) is 11.6 Å². The molecule has 4 aliphatic rings. The number of carbonyl (C=O) groups excluding carboxylic acids is 2. The summed E-state index contributed by atoms with van der Waals surface area (Å²) in [5, 5.41) is -0.324. The number of hydrogen-bond acceptors (Lipinski definition) is 4. The van der Waals surface area contributed by atoms with Crippen LogP contribution in [-0.4, -0.2) is 48.7 Å².